The van der Waals surface area contributed by atoms with Gasteiger partial charge >= 0.3 is 0 Å². The number of amides is 1. The molecule has 0 aliphatic carbocycles. The zero-order chi connectivity index (χ0) is 13.2. The van der Waals surface area contributed by atoms with E-state index in [0.29, 0.717) is 17.7 Å². The molecular weight excluding hydrogens is 278 g/mol. The van der Waals surface area contributed by atoms with Crippen LogP contribution in [0.2, 0.25) is 0 Å². The van der Waals surface area contributed by atoms with Crippen LogP contribution in [-0.2, 0) is 11.2 Å². The van der Waals surface area contributed by atoms with Crippen molar-refractivity contribution < 1.29 is 4.79 Å². The first-order valence-electron chi connectivity index (χ1n) is 6.23. The van der Waals surface area contributed by atoms with Gasteiger partial charge in [0.1, 0.15) is 0 Å². The van der Waals surface area contributed by atoms with Crippen LogP contribution in [0.15, 0.2) is 23.0 Å². The number of thiophene rings is 1. The lowest BCUT2D eigenvalue weighted by Crippen LogP contribution is -2.39. The van der Waals surface area contributed by atoms with E-state index >= 15 is 0 Å². The number of thiazole rings is 1. The fourth-order valence-electron chi connectivity index (χ4n) is 2.41. The number of anilines is 1. The molecule has 19 heavy (non-hydrogen) atoms. The first-order chi connectivity index (χ1) is 9.24. The number of hydrogen-bond acceptors (Lipinski definition) is 5. The Morgan fingerprint density at radius 2 is 2.42 bits per heavy atom. The Morgan fingerprint density at radius 1 is 1.53 bits per heavy atom. The lowest BCUT2D eigenvalue weighted by Gasteiger charge is -2.32. The summed E-state index contributed by atoms with van der Waals surface area (Å²) >= 11 is 3.26. The minimum atomic E-state index is 0.0143. The van der Waals surface area contributed by atoms with Gasteiger partial charge in [-0.2, -0.15) is 0 Å². The van der Waals surface area contributed by atoms with Gasteiger partial charge in [0.2, 0.25) is 5.91 Å². The van der Waals surface area contributed by atoms with Gasteiger partial charge in [0.25, 0.3) is 0 Å². The molecule has 0 unspecified atom stereocenters. The zero-order valence-electron chi connectivity index (χ0n) is 10.6. The number of nitrogens with one attached hydrogen (secondary N) is 1. The molecule has 0 radical (unpaired) electrons. The molecule has 3 rings (SSSR count). The second-order valence-electron chi connectivity index (χ2n) is 4.58. The lowest BCUT2D eigenvalue weighted by molar-refractivity contribution is -0.117. The molecule has 0 fully saturated rings. The monoisotopic (exact) mass is 293 g/mol. The van der Waals surface area contributed by atoms with Crippen LogP contribution < -0.4 is 5.32 Å². The number of carbonyl (C=O) groups is 1. The zero-order valence-corrected chi connectivity index (χ0v) is 12.3. The van der Waals surface area contributed by atoms with E-state index in [-0.39, 0.29) is 5.91 Å². The molecule has 4 nitrogen and oxygen atoms in total. The maximum atomic E-state index is 12.0. The number of carbonyl (C=O) groups excluding carboxylic acids is 1. The number of hydrogen-bond donors (Lipinski definition) is 1. The number of fused-ring (bicyclic) bond motifs is 1. The van der Waals surface area contributed by atoms with E-state index in [1.165, 1.54) is 21.8 Å². The summed E-state index contributed by atoms with van der Waals surface area (Å²) < 4.78 is 0. The molecule has 1 amide bonds. The first-order valence-corrected chi connectivity index (χ1v) is 7.99. The highest BCUT2D eigenvalue weighted by Gasteiger charge is 2.26. The second kappa shape index (κ2) is 5.40. The van der Waals surface area contributed by atoms with E-state index in [4.69, 9.17) is 0 Å². The van der Waals surface area contributed by atoms with Crippen molar-refractivity contribution in [1.29, 1.82) is 0 Å². The Balaban J connectivity index is 1.63. The molecule has 1 N–H and O–H groups in total. The highest BCUT2D eigenvalue weighted by Crippen LogP contribution is 2.32. The Labute approximate surface area is 120 Å². The summed E-state index contributed by atoms with van der Waals surface area (Å²) in [6.07, 6.45) is 2.74. The quantitative estimate of drug-likeness (QED) is 0.946. The van der Waals surface area contributed by atoms with Crippen molar-refractivity contribution in [2.24, 2.45) is 0 Å². The Morgan fingerprint density at radius 3 is 3.21 bits per heavy atom. The van der Waals surface area contributed by atoms with Gasteiger partial charge in [-0.25, -0.2) is 4.98 Å². The van der Waals surface area contributed by atoms with Crippen molar-refractivity contribution >= 4 is 33.7 Å². The molecule has 0 spiro atoms. The van der Waals surface area contributed by atoms with Crippen molar-refractivity contribution in [2.75, 3.05) is 18.4 Å². The first kappa shape index (κ1) is 12.8. The van der Waals surface area contributed by atoms with Crippen LogP contribution in [0.25, 0.3) is 0 Å². The number of rotatable bonds is 3. The molecule has 0 aromatic carbocycles. The van der Waals surface area contributed by atoms with Crippen molar-refractivity contribution in [1.82, 2.24) is 9.88 Å². The summed E-state index contributed by atoms with van der Waals surface area (Å²) in [5.74, 6) is 0.0143. The molecule has 2 aromatic rings. The van der Waals surface area contributed by atoms with Crippen LogP contribution in [-0.4, -0.2) is 28.9 Å². The molecule has 0 bridgehead atoms. The number of nitrogens with zero attached hydrogens (tertiary/aromatic N) is 2. The third-order valence-corrected chi connectivity index (χ3v) is 5.11. The van der Waals surface area contributed by atoms with Gasteiger partial charge in [-0.1, -0.05) is 0 Å². The Bertz CT molecular complexity index is 564. The topological polar surface area (TPSA) is 45.2 Å². The van der Waals surface area contributed by atoms with E-state index in [1.807, 2.05) is 16.7 Å². The third-order valence-electron chi connectivity index (χ3n) is 3.43. The van der Waals surface area contributed by atoms with Gasteiger partial charge in [-0.05, 0) is 30.4 Å². The maximum Gasteiger partial charge on any atom is 0.240 e. The van der Waals surface area contributed by atoms with E-state index < -0.39 is 0 Å². The van der Waals surface area contributed by atoms with Gasteiger partial charge in [-0.3, -0.25) is 9.69 Å². The van der Waals surface area contributed by atoms with Crippen molar-refractivity contribution in [3.8, 4) is 0 Å². The normalized spacial score (nSPS) is 19.1. The smallest absolute Gasteiger partial charge is 0.240 e. The van der Waals surface area contributed by atoms with Gasteiger partial charge < -0.3 is 5.32 Å². The fourth-order valence-corrected chi connectivity index (χ4v) is 3.91. The summed E-state index contributed by atoms with van der Waals surface area (Å²) in [5.41, 5.74) is 1.37. The third kappa shape index (κ3) is 2.70. The Hall–Kier alpha value is -1.24. The van der Waals surface area contributed by atoms with Crippen molar-refractivity contribution in [2.45, 2.75) is 19.4 Å². The fraction of sp³-hybridized carbons (Fsp3) is 0.385. The lowest BCUT2D eigenvalue weighted by atomic mass is 10.0. The van der Waals surface area contributed by atoms with E-state index in [0.717, 1.165) is 13.0 Å². The van der Waals surface area contributed by atoms with E-state index in [1.54, 1.807) is 6.20 Å². The molecule has 1 atom stereocenters. The Kier molecular flexibility index (Phi) is 3.63. The minimum absolute atomic E-state index is 0.0143. The predicted octanol–water partition coefficient (Wildman–Crippen LogP) is 2.76. The highest BCUT2D eigenvalue weighted by molar-refractivity contribution is 7.13. The van der Waals surface area contributed by atoms with E-state index in [2.05, 4.69) is 33.6 Å². The molecular formula is C13H15N3OS2. The molecule has 2 aromatic heterocycles. The summed E-state index contributed by atoms with van der Waals surface area (Å²) in [7, 11) is 0. The summed E-state index contributed by atoms with van der Waals surface area (Å²) in [6.45, 7) is 3.54. The average molecular weight is 293 g/mol. The van der Waals surface area contributed by atoms with Crippen molar-refractivity contribution in [3.05, 3.63) is 33.5 Å². The van der Waals surface area contributed by atoms with Crippen LogP contribution in [0.5, 0.6) is 0 Å². The van der Waals surface area contributed by atoms with Crippen LogP contribution in [0, 0.1) is 0 Å². The molecule has 0 saturated carbocycles. The van der Waals surface area contributed by atoms with Crippen molar-refractivity contribution in [3.63, 3.8) is 0 Å². The van der Waals surface area contributed by atoms with Crippen LogP contribution in [0.4, 0.5) is 5.13 Å². The van der Waals surface area contributed by atoms with E-state index in [9.17, 15) is 4.79 Å². The maximum absolute atomic E-state index is 12.0. The molecule has 1 aliphatic rings. The molecule has 0 saturated heterocycles. The standard InChI is InChI=1S/C13H15N3OS2/c1-9-10-3-6-18-11(10)2-5-16(9)8-12(17)15-13-14-4-7-19-13/h3-4,6-7,9H,2,5,8H2,1H3,(H,14,15,17)/t9-/m1/s1. The summed E-state index contributed by atoms with van der Waals surface area (Å²) in [4.78, 5) is 19.7. The van der Waals surface area contributed by atoms with Gasteiger partial charge in [0.15, 0.2) is 5.13 Å². The second-order valence-corrected chi connectivity index (χ2v) is 6.48. The van der Waals surface area contributed by atoms with Crippen LogP contribution >= 0.6 is 22.7 Å². The van der Waals surface area contributed by atoms with Crippen LogP contribution in [0.1, 0.15) is 23.4 Å². The SMILES string of the molecule is C[C@@H]1c2ccsc2CCN1CC(=O)Nc1nccs1. The molecule has 1 aliphatic heterocycles. The highest BCUT2D eigenvalue weighted by atomic mass is 32.1. The van der Waals surface area contributed by atoms with Crippen LogP contribution in [0.3, 0.4) is 0 Å². The molecule has 100 valence electrons. The van der Waals surface area contributed by atoms with Gasteiger partial charge in [-0.15, -0.1) is 22.7 Å². The minimum Gasteiger partial charge on any atom is -0.301 e. The average Bonchev–Trinajstić information content (AvgIpc) is 3.03. The predicted molar refractivity (Wildman–Crippen MR) is 78.8 cm³/mol. The molecule has 3 heterocycles. The summed E-state index contributed by atoms with van der Waals surface area (Å²) in [5, 5.41) is 7.51. The van der Waals surface area contributed by atoms with Gasteiger partial charge in [0, 0.05) is 29.0 Å². The number of aromatic nitrogens is 1. The summed E-state index contributed by atoms with van der Waals surface area (Å²) in [6, 6.07) is 2.49. The largest absolute Gasteiger partial charge is 0.301 e. The van der Waals surface area contributed by atoms with Gasteiger partial charge in [0.05, 0.1) is 6.54 Å². The molecule has 6 heteroatoms.